The van der Waals surface area contributed by atoms with Crippen LogP contribution >= 0.6 is 11.8 Å². The third-order valence-electron chi connectivity index (χ3n) is 3.52. The number of H-pyrrole nitrogens is 3. The third-order valence-corrected chi connectivity index (χ3v) is 4.40. The summed E-state index contributed by atoms with van der Waals surface area (Å²) in [5.41, 5.74) is 1.57. The normalized spacial score (nSPS) is 11.5. The Morgan fingerprint density at radius 2 is 1.96 bits per heavy atom. The topological polar surface area (TPSA) is 112 Å². The largest absolute Gasteiger partial charge is 0.335 e. The zero-order valence-electron chi connectivity index (χ0n) is 12.1. The molecule has 0 spiro atoms. The van der Waals surface area contributed by atoms with Gasteiger partial charge < -0.3 is 9.97 Å². The fourth-order valence-electron chi connectivity index (χ4n) is 2.36. The second kappa shape index (κ2) is 5.13. The van der Waals surface area contributed by atoms with Crippen molar-refractivity contribution >= 4 is 34.0 Å². The summed E-state index contributed by atoms with van der Waals surface area (Å²) in [6, 6.07) is 7.78. The molecule has 0 saturated carbocycles. The summed E-state index contributed by atoms with van der Waals surface area (Å²) in [6.07, 6.45) is 0. The van der Waals surface area contributed by atoms with Crippen LogP contribution < -0.4 is 11.2 Å². The molecule has 3 heterocycles. The number of aromatic nitrogens is 6. The maximum atomic E-state index is 11.8. The minimum atomic E-state index is -0.481. The molecule has 4 aromatic rings. The number of para-hydroxylation sites is 2. The number of imidazole rings is 2. The predicted octanol–water partition coefficient (Wildman–Crippen LogP) is 1.12. The van der Waals surface area contributed by atoms with Crippen molar-refractivity contribution in [1.82, 2.24) is 29.5 Å². The number of fused-ring (bicyclic) bond motifs is 2. The summed E-state index contributed by atoms with van der Waals surface area (Å²) in [7, 11) is 1.57. The van der Waals surface area contributed by atoms with Crippen molar-refractivity contribution in [2.24, 2.45) is 7.05 Å². The molecule has 4 rings (SSSR count). The molecule has 0 fully saturated rings. The van der Waals surface area contributed by atoms with Crippen LogP contribution in [0.3, 0.4) is 0 Å². The molecule has 0 bridgehead atoms. The van der Waals surface area contributed by atoms with E-state index in [0.717, 1.165) is 16.2 Å². The SMILES string of the molecule is Cn1c(=O)[nH]c(=O)c2[nH]c(CSc3nc4ccccc4[nH]3)nc21. The second-order valence-corrected chi connectivity index (χ2v) is 6.01. The van der Waals surface area contributed by atoms with Gasteiger partial charge in [0.2, 0.25) is 0 Å². The lowest BCUT2D eigenvalue weighted by molar-refractivity contribution is 0.831. The third kappa shape index (κ3) is 2.34. The molecule has 0 aliphatic carbocycles. The first-order valence-corrected chi connectivity index (χ1v) is 7.86. The molecule has 23 heavy (non-hydrogen) atoms. The van der Waals surface area contributed by atoms with Gasteiger partial charge in [0.15, 0.2) is 10.8 Å². The van der Waals surface area contributed by atoms with Gasteiger partial charge in [-0.25, -0.2) is 14.8 Å². The summed E-state index contributed by atoms with van der Waals surface area (Å²) < 4.78 is 1.31. The molecule has 0 atom stereocenters. The molecule has 0 aliphatic heterocycles. The molecule has 0 radical (unpaired) electrons. The maximum absolute atomic E-state index is 11.8. The highest BCUT2D eigenvalue weighted by Gasteiger charge is 2.11. The molecule has 8 nitrogen and oxygen atoms in total. The van der Waals surface area contributed by atoms with Gasteiger partial charge in [-0.05, 0) is 12.1 Å². The van der Waals surface area contributed by atoms with E-state index in [1.165, 1.54) is 16.3 Å². The highest BCUT2D eigenvalue weighted by molar-refractivity contribution is 7.98. The van der Waals surface area contributed by atoms with Crippen molar-refractivity contribution in [1.29, 1.82) is 0 Å². The van der Waals surface area contributed by atoms with Gasteiger partial charge in [0.25, 0.3) is 5.56 Å². The fraction of sp³-hybridized carbons (Fsp3) is 0.143. The van der Waals surface area contributed by atoms with Gasteiger partial charge in [-0.3, -0.25) is 14.3 Å². The van der Waals surface area contributed by atoms with E-state index in [0.29, 0.717) is 22.7 Å². The number of hydrogen-bond acceptors (Lipinski definition) is 5. The first-order valence-electron chi connectivity index (χ1n) is 6.87. The van der Waals surface area contributed by atoms with E-state index in [1.54, 1.807) is 7.05 Å². The van der Waals surface area contributed by atoms with Gasteiger partial charge in [0.05, 0.1) is 16.8 Å². The van der Waals surface area contributed by atoms with Crippen molar-refractivity contribution in [3.05, 3.63) is 50.9 Å². The molecule has 3 aromatic heterocycles. The van der Waals surface area contributed by atoms with Crippen LogP contribution in [-0.4, -0.2) is 29.5 Å². The predicted molar refractivity (Wildman–Crippen MR) is 87.6 cm³/mol. The Hall–Kier alpha value is -2.81. The van der Waals surface area contributed by atoms with E-state index in [1.807, 2.05) is 24.3 Å². The van der Waals surface area contributed by atoms with Crippen LogP contribution in [0.4, 0.5) is 0 Å². The van der Waals surface area contributed by atoms with Crippen LogP contribution in [0, 0.1) is 0 Å². The number of thioether (sulfide) groups is 1. The number of benzene rings is 1. The molecular formula is C14H12N6O2S. The van der Waals surface area contributed by atoms with Crippen LogP contribution in [0.2, 0.25) is 0 Å². The molecule has 3 N–H and O–H groups in total. The quantitative estimate of drug-likeness (QED) is 0.488. The Labute approximate surface area is 133 Å². The van der Waals surface area contributed by atoms with E-state index < -0.39 is 11.2 Å². The van der Waals surface area contributed by atoms with Gasteiger partial charge in [0, 0.05) is 7.05 Å². The Kier molecular flexibility index (Phi) is 3.08. The fourth-order valence-corrected chi connectivity index (χ4v) is 3.11. The molecule has 0 amide bonds. The number of hydrogen-bond donors (Lipinski definition) is 3. The van der Waals surface area contributed by atoms with Gasteiger partial charge in [0.1, 0.15) is 11.3 Å². The summed E-state index contributed by atoms with van der Waals surface area (Å²) in [4.78, 5) is 40.6. The summed E-state index contributed by atoms with van der Waals surface area (Å²) in [5.74, 6) is 1.11. The summed E-state index contributed by atoms with van der Waals surface area (Å²) in [6.45, 7) is 0. The molecule has 9 heteroatoms. The van der Waals surface area contributed by atoms with Crippen molar-refractivity contribution in [3.8, 4) is 0 Å². The van der Waals surface area contributed by atoms with Crippen LogP contribution in [0.5, 0.6) is 0 Å². The van der Waals surface area contributed by atoms with Crippen LogP contribution in [0.1, 0.15) is 5.82 Å². The van der Waals surface area contributed by atoms with Gasteiger partial charge in [-0.2, -0.15) is 0 Å². The summed E-state index contributed by atoms with van der Waals surface area (Å²) in [5, 5.41) is 0.773. The lowest BCUT2D eigenvalue weighted by Crippen LogP contribution is -2.28. The Bertz CT molecular complexity index is 1100. The molecule has 116 valence electrons. The second-order valence-electron chi connectivity index (χ2n) is 5.05. The van der Waals surface area contributed by atoms with Crippen LogP contribution in [0.25, 0.3) is 22.2 Å². The average molecular weight is 328 g/mol. The lowest BCUT2D eigenvalue weighted by atomic mass is 10.3. The smallest absolute Gasteiger partial charge is 0.329 e. The first kappa shape index (κ1) is 13.8. The summed E-state index contributed by atoms with van der Waals surface area (Å²) >= 11 is 1.47. The van der Waals surface area contributed by atoms with E-state index in [9.17, 15) is 9.59 Å². The molecule has 0 unspecified atom stereocenters. The maximum Gasteiger partial charge on any atom is 0.329 e. The zero-order valence-corrected chi connectivity index (χ0v) is 12.9. The van der Waals surface area contributed by atoms with Crippen molar-refractivity contribution < 1.29 is 0 Å². The monoisotopic (exact) mass is 328 g/mol. The van der Waals surface area contributed by atoms with Gasteiger partial charge in [-0.1, -0.05) is 23.9 Å². The van der Waals surface area contributed by atoms with Crippen molar-refractivity contribution in [2.75, 3.05) is 0 Å². The molecule has 1 aromatic carbocycles. The van der Waals surface area contributed by atoms with Crippen molar-refractivity contribution in [2.45, 2.75) is 10.9 Å². The van der Waals surface area contributed by atoms with E-state index in [4.69, 9.17) is 0 Å². The molecular weight excluding hydrogens is 316 g/mol. The highest BCUT2D eigenvalue weighted by atomic mass is 32.2. The minimum Gasteiger partial charge on any atom is -0.335 e. The average Bonchev–Trinajstić information content (AvgIpc) is 3.14. The molecule has 0 saturated heterocycles. The van der Waals surface area contributed by atoms with E-state index in [-0.39, 0.29) is 0 Å². The van der Waals surface area contributed by atoms with Crippen molar-refractivity contribution in [3.63, 3.8) is 0 Å². The number of nitrogens with one attached hydrogen (secondary N) is 3. The Balaban J connectivity index is 1.65. The minimum absolute atomic E-state index is 0.298. The highest BCUT2D eigenvalue weighted by Crippen LogP contribution is 2.22. The zero-order chi connectivity index (χ0) is 16.0. The number of aromatic amines is 3. The van der Waals surface area contributed by atoms with E-state index >= 15 is 0 Å². The molecule has 0 aliphatic rings. The van der Waals surface area contributed by atoms with E-state index in [2.05, 4.69) is 24.9 Å². The van der Waals surface area contributed by atoms with Crippen LogP contribution in [0.15, 0.2) is 39.0 Å². The van der Waals surface area contributed by atoms with Crippen LogP contribution in [-0.2, 0) is 12.8 Å². The Morgan fingerprint density at radius 1 is 1.13 bits per heavy atom. The Morgan fingerprint density at radius 3 is 2.78 bits per heavy atom. The standard InChI is InChI=1S/C14H12N6O2S/c1-20-11-10(12(21)19-14(20)22)17-9(18-11)6-23-13-15-7-4-2-3-5-8(7)16-13/h2-5H,6H2,1H3,(H,15,16)(H,17,18)(H,19,21,22). The lowest BCUT2D eigenvalue weighted by Gasteiger charge is -1.94. The van der Waals surface area contributed by atoms with Gasteiger partial charge in [-0.15, -0.1) is 0 Å². The first-order chi connectivity index (χ1) is 11.1. The number of nitrogens with zero attached hydrogens (tertiary/aromatic N) is 3. The number of rotatable bonds is 3. The van der Waals surface area contributed by atoms with Gasteiger partial charge >= 0.3 is 5.69 Å². The number of aryl methyl sites for hydroxylation is 1.